The highest BCUT2D eigenvalue weighted by Crippen LogP contribution is 2.44. The van der Waals surface area contributed by atoms with Gasteiger partial charge in [-0.05, 0) is 25.7 Å². The number of nitriles is 1. The van der Waals surface area contributed by atoms with Crippen molar-refractivity contribution in [3.8, 4) is 6.07 Å². The van der Waals surface area contributed by atoms with E-state index in [9.17, 15) is 32.0 Å². The van der Waals surface area contributed by atoms with Crippen molar-refractivity contribution in [1.82, 2.24) is 5.32 Å². The highest BCUT2D eigenvalue weighted by Gasteiger charge is 2.38. The highest BCUT2D eigenvalue weighted by atomic mass is 31.2. The van der Waals surface area contributed by atoms with Crippen molar-refractivity contribution in [1.29, 1.82) is 5.26 Å². The monoisotopic (exact) mass is 495 g/mol. The predicted octanol–water partition coefficient (Wildman–Crippen LogP) is 3.28. The lowest BCUT2D eigenvalue weighted by atomic mass is 10.2. The number of unbranched alkanes of at least 4 members (excludes halogenated alkanes) is 4. The molecule has 0 radical (unpaired) electrons. The molecule has 0 aromatic heterocycles. The van der Waals surface area contributed by atoms with Crippen LogP contribution in [0.4, 0.5) is 13.2 Å². The summed E-state index contributed by atoms with van der Waals surface area (Å²) in [6.45, 7) is 0.986. The topological polar surface area (TPSA) is 147 Å². The van der Waals surface area contributed by atoms with Crippen LogP contribution in [0, 0.1) is 11.3 Å². The Morgan fingerprint density at radius 1 is 0.935 bits per heavy atom. The summed E-state index contributed by atoms with van der Waals surface area (Å²) >= 11 is 0. The van der Waals surface area contributed by atoms with Gasteiger partial charge in [0.05, 0.1) is 38.9 Å². The molecule has 2 unspecified atom stereocenters. The van der Waals surface area contributed by atoms with Crippen molar-refractivity contribution in [2.45, 2.75) is 51.1 Å². The highest BCUT2D eigenvalue weighted by molar-refractivity contribution is 7.52. The summed E-state index contributed by atoms with van der Waals surface area (Å²) in [5.74, 6) is -2.00. The molecular weight excluding hydrogens is 467 g/mol. The van der Waals surface area contributed by atoms with Gasteiger partial charge in [0.2, 0.25) is 0 Å². The van der Waals surface area contributed by atoms with E-state index in [-0.39, 0.29) is 45.8 Å². The summed E-state index contributed by atoms with van der Waals surface area (Å²) in [6, 6.07) is 1.74. The van der Waals surface area contributed by atoms with Crippen LogP contribution < -0.4 is 10.2 Å². The number of phosphoric acid groups is 1. The SMILES string of the molecule is CP(=O)(OCCCCCCOP(=O)([O-])OCCC#N)OCCCCNC(=O)C(F)(F)F. The van der Waals surface area contributed by atoms with Gasteiger partial charge < -0.3 is 28.3 Å². The number of alkyl halides is 3. The standard InChI is InChI=1S/C16H29F3N2O8P2/c1-30(23,27-12-7-4-10-21-15(22)16(17,18)19)26-11-5-2-3-6-13-28-31(24,25)29-14-8-9-20/h2-8,10-14H2,1H3,(H,21,22)(H,24,25)/p-1. The van der Waals surface area contributed by atoms with Crippen LogP contribution in [0.3, 0.4) is 0 Å². The largest absolute Gasteiger partial charge is 0.756 e. The fourth-order valence-electron chi connectivity index (χ4n) is 2.00. The lowest BCUT2D eigenvalue weighted by Crippen LogP contribution is -2.37. The molecule has 1 N–H and O–H groups in total. The van der Waals surface area contributed by atoms with E-state index in [0.29, 0.717) is 32.1 Å². The lowest BCUT2D eigenvalue weighted by molar-refractivity contribution is -0.225. The molecule has 15 heteroatoms. The number of carbonyl (C=O) groups excluding carboxylic acids is 1. The molecule has 0 fully saturated rings. The quantitative estimate of drug-likeness (QED) is 0.223. The Morgan fingerprint density at radius 3 is 1.94 bits per heavy atom. The average Bonchev–Trinajstić information content (AvgIpc) is 2.65. The van der Waals surface area contributed by atoms with E-state index >= 15 is 0 Å². The van der Waals surface area contributed by atoms with E-state index in [1.807, 2.05) is 0 Å². The van der Waals surface area contributed by atoms with E-state index in [2.05, 4.69) is 9.05 Å². The molecule has 2 atom stereocenters. The fourth-order valence-corrected chi connectivity index (χ4v) is 3.74. The summed E-state index contributed by atoms with van der Waals surface area (Å²) in [5, 5.41) is 10.0. The summed E-state index contributed by atoms with van der Waals surface area (Å²) in [7, 11) is -7.68. The molecule has 0 aliphatic rings. The van der Waals surface area contributed by atoms with Gasteiger partial charge in [0.15, 0.2) is 0 Å². The minimum absolute atomic E-state index is 0.0126. The first-order valence-electron chi connectivity index (χ1n) is 9.58. The molecule has 0 rings (SSSR count). The second kappa shape index (κ2) is 15.8. The van der Waals surface area contributed by atoms with Crippen LogP contribution in [-0.2, 0) is 32.0 Å². The molecule has 0 aliphatic heterocycles. The number of amides is 1. The van der Waals surface area contributed by atoms with Crippen LogP contribution in [-0.4, -0.2) is 51.7 Å². The minimum Gasteiger partial charge on any atom is -0.756 e. The van der Waals surface area contributed by atoms with Gasteiger partial charge in [0, 0.05) is 13.2 Å². The number of hydrogen-bond acceptors (Lipinski definition) is 9. The molecule has 0 aromatic rings. The van der Waals surface area contributed by atoms with Crippen molar-refractivity contribution in [3.63, 3.8) is 0 Å². The molecule has 0 spiro atoms. The minimum atomic E-state index is -4.92. The summed E-state index contributed by atoms with van der Waals surface area (Å²) in [6.07, 6.45) is -2.13. The molecule has 0 aromatic carbocycles. The number of phosphoric ester groups is 1. The molecule has 10 nitrogen and oxygen atoms in total. The smallest absolute Gasteiger partial charge is 0.471 e. The molecule has 1 amide bonds. The first-order chi connectivity index (χ1) is 14.4. The summed E-state index contributed by atoms with van der Waals surface area (Å²) in [5.41, 5.74) is 0. The predicted molar refractivity (Wildman–Crippen MR) is 102 cm³/mol. The Hall–Kier alpha value is -0.990. The second-order valence-electron chi connectivity index (χ2n) is 6.33. The van der Waals surface area contributed by atoms with E-state index in [4.69, 9.17) is 14.3 Å². The number of rotatable bonds is 18. The third-order valence-electron chi connectivity index (χ3n) is 3.52. The van der Waals surface area contributed by atoms with Crippen molar-refractivity contribution in [2.75, 3.05) is 39.6 Å². The van der Waals surface area contributed by atoms with Gasteiger partial charge in [-0.2, -0.15) is 18.4 Å². The zero-order valence-corrected chi connectivity index (χ0v) is 19.0. The van der Waals surface area contributed by atoms with Crippen molar-refractivity contribution in [2.24, 2.45) is 0 Å². The Balaban J connectivity index is 3.66. The van der Waals surface area contributed by atoms with E-state index < -0.39 is 27.5 Å². The molecule has 31 heavy (non-hydrogen) atoms. The van der Waals surface area contributed by atoms with Gasteiger partial charge in [0.25, 0.3) is 7.82 Å². The van der Waals surface area contributed by atoms with Crippen molar-refractivity contribution in [3.05, 3.63) is 0 Å². The van der Waals surface area contributed by atoms with Crippen molar-refractivity contribution >= 4 is 21.3 Å². The van der Waals surface area contributed by atoms with E-state index in [1.54, 1.807) is 11.4 Å². The zero-order chi connectivity index (χ0) is 23.8. The number of nitrogens with one attached hydrogen (secondary N) is 1. The average molecular weight is 495 g/mol. The summed E-state index contributed by atoms with van der Waals surface area (Å²) < 4.78 is 78.7. The number of nitrogens with zero attached hydrogens (tertiary/aromatic N) is 1. The van der Waals surface area contributed by atoms with Gasteiger partial charge in [-0.15, -0.1) is 0 Å². The number of halogens is 3. The van der Waals surface area contributed by atoms with Gasteiger partial charge in [0.1, 0.15) is 0 Å². The van der Waals surface area contributed by atoms with Gasteiger partial charge in [-0.25, -0.2) is 0 Å². The molecule has 182 valence electrons. The van der Waals surface area contributed by atoms with Crippen molar-refractivity contribution < 1.29 is 50.1 Å². The van der Waals surface area contributed by atoms with E-state index in [0.717, 1.165) is 0 Å². The Bertz CT molecular complexity index is 658. The van der Waals surface area contributed by atoms with E-state index in [1.165, 1.54) is 6.66 Å². The maximum absolute atomic E-state index is 12.1. The fraction of sp³-hybridized carbons (Fsp3) is 0.875. The zero-order valence-electron chi connectivity index (χ0n) is 17.2. The van der Waals surface area contributed by atoms with Crippen LogP contribution >= 0.6 is 15.4 Å². The lowest BCUT2D eigenvalue weighted by Gasteiger charge is -2.21. The molecule has 0 bridgehead atoms. The number of hydrogen-bond donors (Lipinski definition) is 1. The maximum Gasteiger partial charge on any atom is 0.471 e. The van der Waals surface area contributed by atoms with Crippen LogP contribution in [0.25, 0.3) is 0 Å². The Labute approximate surface area is 179 Å². The first-order valence-corrected chi connectivity index (χ1v) is 13.0. The molecular formula is C16H28F3N2O8P2-. The van der Waals surface area contributed by atoms with Crippen LogP contribution in [0.15, 0.2) is 0 Å². The van der Waals surface area contributed by atoms with Gasteiger partial charge >= 0.3 is 19.7 Å². The Morgan fingerprint density at radius 2 is 1.42 bits per heavy atom. The third-order valence-corrected chi connectivity index (χ3v) is 5.82. The van der Waals surface area contributed by atoms with Gasteiger partial charge in [-0.1, -0.05) is 12.8 Å². The molecule has 0 heterocycles. The molecule has 0 saturated carbocycles. The van der Waals surface area contributed by atoms with Gasteiger partial charge in [-0.3, -0.25) is 13.9 Å². The second-order valence-corrected chi connectivity index (χ2v) is 9.80. The maximum atomic E-state index is 12.1. The Kier molecular flexibility index (Phi) is 15.3. The molecule has 0 aliphatic carbocycles. The normalized spacial score (nSPS) is 15.6. The summed E-state index contributed by atoms with van der Waals surface area (Å²) in [4.78, 5) is 21.9. The van der Waals surface area contributed by atoms with Crippen LogP contribution in [0.2, 0.25) is 0 Å². The van der Waals surface area contributed by atoms with Crippen LogP contribution in [0.1, 0.15) is 44.9 Å². The third kappa shape index (κ3) is 18.3. The molecule has 0 saturated heterocycles. The number of carbonyl (C=O) groups is 1. The van der Waals surface area contributed by atoms with Crippen LogP contribution in [0.5, 0.6) is 0 Å². The first kappa shape index (κ1) is 30.0.